The summed E-state index contributed by atoms with van der Waals surface area (Å²) < 4.78 is 17.9. The van der Waals surface area contributed by atoms with Crippen molar-refractivity contribution in [3.8, 4) is 0 Å². The molecule has 0 radical (unpaired) electrons. The van der Waals surface area contributed by atoms with Crippen molar-refractivity contribution in [3.63, 3.8) is 0 Å². The largest absolute Gasteiger partial charge is 0.328 e. The number of hydrogen-bond donors (Lipinski definition) is 0. The van der Waals surface area contributed by atoms with E-state index in [1.165, 1.54) is 25.7 Å². The molecule has 2 nitrogen and oxygen atoms in total. The van der Waals surface area contributed by atoms with Crippen molar-refractivity contribution in [2.24, 2.45) is 0 Å². The summed E-state index contributed by atoms with van der Waals surface area (Å²) in [5.41, 5.74) is 0. The molecule has 0 saturated carbocycles. The third-order valence-electron chi connectivity index (χ3n) is 2.70. The fraction of sp³-hybridized carbons (Fsp3) is 1.00. The molecule has 0 rings (SSSR count). The topological polar surface area (TPSA) is 26.3 Å². The van der Waals surface area contributed by atoms with Crippen LogP contribution in [0.4, 0.5) is 0 Å². The highest BCUT2D eigenvalue weighted by molar-refractivity contribution is 7.58. The Balaban J connectivity index is 3.64. The van der Waals surface area contributed by atoms with Crippen LogP contribution in [0.5, 0.6) is 0 Å². The van der Waals surface area contributed by atoms with Gasteiger partial charge < -0.3 is 4.52 Å². The predicted molar refractivity (Wildman–Crippen MR) is 72.6 cm³/mol. The van der Waals surface area contributed by atoms with Gasteiger partial charge in [-0.05, 0) is 19.3 Å². The normalized spacial score (nSPS) is 11.9. The zero-order valence-corrected chi connectivity index (χ0v) is 12.2. The van der Waals surface area contributed by atoms with Gasteiger partial charge in [0, 0.05) is 12.3 Å². The molecule has 0 aromatic heterocycles. The minimum Gasteiger partial charge on any atom is -0.328 e. The van der Waals surface area contributed by atoms with Gasteiger partial charge in [-0.25, -0.2) is 0 Å². The Labute approximate surface area is 102 Å². The molecule has 0 bridgehead atoms. The molecule has 3 heteroatoms. The summed E-state index contributed by atoms with van der Waals surface area (Å²) in [6, 6.07) is 0. The van der Waals surface area contributed by atoms with Crippen molar-refractivity contribution in [3.05, 3.63) is 0 Å². The maximum Gasteiger partial charge on any atom is 0.203 e. The van der Waals surface area contributed by atoms with Gasteiger partial charge in [0.2, 0.25) is 7.37 Å². The lowest BCUT2D eigenvalue weighted by Crippen LogP contribution is -2.01. The second-order valence-electron chi connectivity index (χ2n) is 4.51. The maximum absolute atomic E-state index is 12.3. The van der Waals surface area contributed by atoms with Gasteiger partial charge in [-0.3, -0.25) is 4.57 Å². The van der Waals surface area contributed by atoms with Gasteiger partial charge >= 0.3 is 0 Å². The average Bonchev–Trinajstić information content (AvgIpc) is 2.24. The third kappa shape index (κ3) is 8.35. The third-order valence-corrected chi connectivity index (χ3v) is 5.61. The molecular formula is C13H29O2P. The van der Waals surface area contributed by atoms with Crippen LogP contribution in [0.25, 0.3) is 0 Å². The molecule has 0 saturated heterocycles. The highest BCUT2D eigenvalue weighted by atomic mass is 31.2. The smallest absolute Gasteiger partial charge is 0.203 e. The average molecular weight is 248 g/mol. The van der Waals surface area contributed by atoms with E-state index in [0.717, 1.165) is 31.6 Å². The van der Waals surface area contributed by atoms with Gasteiger partial charge in [0.25, 0.3) is 0 Å². The number of hydrogen-bond acceptors (Lipinski definition) is 2. The Morgan fingerprint density at radius 3 is 1.88 bits per heavy atom. The van der Waals surface area contributed by atoms with Crippen molar-refractivity contribution in [1.29, 1.82) is 0 Å². The lowest BCUT2D eigenvalue weighted by atomic mass is 10.2. The van der Waals surface area contributed by atoms with Crippen LogP contribution in [0.2, 0.25) is 0 Å². The van der Waals surface area contributed by atoms with Crippen LogP contribution in [0.1, 0.15) is 65.7 Å². The molecule has 0 aliphatic heterocycles. The molecule has 0 spiro atoms. The van der Waals surface area contributed by atoms with E-state index in [4.69, 9.17) is 4.52 Å². The molecule has 0 unspecified atom stereocenters. The second-order valence-corrected chi connectivity index (χ2v) is 7.29. The van der Waals surface area contributed by atoms with Crippen molar-refractivity contribution in [2.45, 2.75) is 65.7 Å². The lowest BCUT2D eigenvalue weighted by molar-refractivity contribution is 0.301. The predicted octanol–water partition coefficient (Wildman–Crippen LogP) is 5.07. The van der Waals surface area contributed by atoms with Crippen molar-refractivity contribution in [2.75, 3.05) is 18.9 Å². The van der Waals surface area contributed by atoms with Gasteiger partial charge in [0.05, 0.1) is 6.61 Å². The summed E-state index contributed by atoms with van der Waals surface area (Å²) in [6.45, 7) is 7.06. The highest BCUT2D eigenvalue weighted by Gasteiger charge is 2.19. The molecule has 0 aliphatic rings. The molecule has 0 atom stereocenters. The van der Waals surface area contributed by atoms with E-state index in [0.29, 0.717) is 6.61 Å². The van der Waals surface area contributed by atoms with E-state index >= 15 is 0 Å². The van der Waals surface area contributed by atoms with Gasteiger partial charge in [-0.1, -0.05) is 46.5 Å². The molecule has 0 amide bonds. The Hall–Kier alpha value is 0.190. The second kappa shape index (κ2) is 10.4. The van der Waals surface area contributed by atoms with Crippen LogP contribution in [0.15, 0.2) is 0 Å². The van der Waals surface area contributed by atoms with Crippen molar-refractivity contribution < 1.29 is 9.09 Å². The fourth-order valence-electron chi connectivity index (χ4n) is 1.86. The first-order valence-electron chi connectivity index (χ1n) is 6.91. The highest BCUT2D eigenvalue weighted by Crippen LogP contribution is 2.48. The minimum absolute atomic E-state index is 0.695. The first kappa shape index (κ1) is 16.2. The summed E-state index contributed by atoms with van der Waals surface area (Å²) in [7, 11) is -2.27. The Bertz CT molecular complexity index is 182. The molecule has 0 N–H and O–H groups in total. The van der Waals surface area contributed by atoms with Crippen molar-refractivity contribution in [1.82, 2.24) is 0 Å². The molecule has 0 aliphatic carbocycles. The van der Waals surface area contributed by atoms with E-state index in [-0.39, 0.29) is 0 Å². The van der Waals surface area contributed by atoms with E-state index in [2.05, 4.69) is 20.8 Å². The van der Waals surface area contributed by atoms with Crippen LogP contribution in [-0.4, -0.2) is 18.9 Å². The van der Waals surface area contributed by atoms with E-state index in [9.17, 15) is 4.57 Å². The van der Waals surface area contributed by atoms with Gasteiger partial charge in [0.15, 0.2) is 0 Å². The van der Waals surface area contributed by atoms with Crippen molar-refractivity contribution >= 4 is 7.37 Å². The van der Waals surface area contributed by atoms with E-state index in [1.54, 1.807) is 0 Å². The van der Waals surface area contributed by atoms with Crippen LogP contribution in [-0.2, 0) is 9.09 Å². The summed E-state index contributed by atoms with van der Waals surface area (Å²) in [6.07, 6.45) is 9.59. The first-order chi connectivity index (χ1) is 7.68. The first-order valence-corrected chi connectivity index (χ1v) is 8.90. The Morgan fingerprint density at radius 2 is 1.38 bits per heavy atom. The summed E-state index contributed by atoms with van der Waals surface area (Å²) >= 11 is 0. The zero-order chi connectivity index (χ0) is 12.3. The van der Waals surface area contributed by atoms with Crippen LogP contribution in [0, 0.1) is 0 Å². The maximum atomic E-state index is 12.3. The molecule has 16 heavy (non-hydrogen) atoms. The molecule has 0 heterocycles. The molecule has 0 aromatic rings. The van der Waals surface area contributed by atoms with Crippen LogP contribution in [0.3, 0.4) is 0 Å². The zero-order valence-electron chi connectivity index (χ0n) is 11.3. The van der Waals surface area contributed by atoms with Crippen LogP contribution >= 0.6 is 7.37 Å². The standard InChI is InChI=1S/C13H29O2P/c1-4-7-8-9-10-11-15-16(14,12-5-2)13-6-3/h4-13H2,1-3H3. The SMILES string of the molecule is CCCCCCCOP(=O)(CCC)CCC. The summed E-state index contributed by atoms with van der Waals surface area (Å²) in [5.74, 6) is 0. The van der Waals surface area contributed by atoms with Gasteiger partial charge in [-0.2, -0.15) is 0 Å². The molecule has 0 fully saturated rings. The van der Waals surface area contributed by atoms with Gasteiger partial charge in [0.1, 0.15) is 0 Å². The molecule has 0 aromatic carbocycles. The summed E-state index contributed by atoms with van der Waals surface area (Å²) in [4.78, 5) is 0. The minimum atomic E-state index is -2.27. The fourth-order valence-corrected chi connectivity index (χ4v) is 4.17. The number of unbranched alkanes of at least 4 members (excludes halogenated alkanes) is 4. The number of rotatable bonds is 11. The van der Waals surface area contributed by atoms with Crippen LogP contribution < -0.4 is 0 Å². The lowest BCUT2D eigenvalue weighted by Gasteiger charge is -2.17. The molecule has 98 valence electrons. The molecular weight excluding hydrogens is 219 g/mol. The Morgan fingerprint density at radius 1 is 0.812 bits per heavy atom. The Kier molecular flexibility index (Phi) is 10.5. The monoisotopic (exact) mass is 248 g/mol. The van der Waals surface area contributed by atoms with E-state index in [1.807, 2.05) is 0 Å². The van der Waals surface area contributed by atoms with Gasteiger partial charge in [-0.15, -0.1) is 0 Å². The quantitative estimate of drug-likeness (QED) is 0.377. The summed E-state index contributed by atoms with van der Waals surface area (Å²) in [5, 5.41) is 0. The van der Waals surface area contributed by atoms with E-state index < -0.39 is 7.37 Å².